The zero-order valence-electron chi connectivity index (χ0n) is 13.0. The van der Waals surface area contributed by atoms with Crippen LogP contribution in [-0.4, -0.2) is 37.2 Å². The van der Waals surface area contributed by atoms with E-state index in [2.05, 4.69) is 31.0 Å². The summed E-state index contributed by atoms with van der Waals surface area (Å²) < 4.78 is 5.45. The summed E-state index contributed by atoms with van der Waals surface area (Å²) in [5.74, 6) is 0.994. The molecular formula is C17H28N2O. The summed E-state index contributed by atoms with van der Waals surface area (Å²) >= 11 is 0. The first-order valence-electron chi connectivity index (χ1n) is 7.71. The zero-order chi connectivity index (χ0) is 14.5. The molecule has 0 aliphatic heterocycles. The summed E-state index contributed by atoms with van der Waals surface area (Å²) in [7, 11) is 3.98. The van der Waals surface area contributed by atoms with Crippen LogP contribution < -0.4 is 10.5 Å². The Balaban J connectivity index is 1.98. The quantitative estimate of drug-likeness (QED) is 0.898. The Morgan fingerprint density at radius 2 is 2.10 bits per heavy atom. The SMILES string of the molecule is COc1ccccc1CC(C)N(C)C1CCCC(N)C1. The zero-order valence-corrected chi connectivity index (χ0v) is 13.0. The third-order valence-corrected chi connectivity index (χ3v) is 4.67. The number of methoxy groups -OCH3 is 1. The van der Waals surface area contributed by atoms with Gasteiger partial charge >= 0.3 is 0 Å². The lowest BCUT2D eigenvalue weighted by Gasteiger charge is -2.37. The highest BCUT2D eigenvalue weighted by Gasteiger charge is 2.25. The van der Waals surface area contributed by atoms with Crippen LogP contribution in [0.4, 0.5) is 0 Å². The standard InChI is InChI=1S/C17H28N2O/c1-13(11-14-7-4-5-10-17(14)20-3)19(2)16-9-6-8-15(18)12-16/h4-5,7,10,13,15-16H,6,8-9,11-12,18H2,1-3H3. The van der Waals surface area contributed by atoms with Crippen molar-refractivity contribution in [2.45, 2.75) is 57.2 Å². The second-order valence-corrected chi connectivity index (χ2v) is 6.11. The van der Waals surface area contributed by atoms with E-state index in [1.807, 2.05) is 12.1 Å². The summed E-state index contributed by atoms with van der Waals surface area (Å²) in [6.07, 6.45) is 5.88. The van der Waals surface area contributed by atoms with E-state index in [0.29, 0.717) is 18.1 Å². The van der Waals surface area contributed by atoms with Gasteiger partial charge in [-0.05, 0) is 51.3 Å². The first kappa shape index (κ1) is 15.3. The molecule has 3 heteroatoms. The molecule has 0 amide bonds. The van der Waals surface area contributed by atoms with Crippen LogP contribution in [0.2, 0.25) is 0 Å². The van der Waals surface area contributed by atoms with Crippen molar-refractivity contribution in [2.24, 2.45) is 5.73 Å². The fourth-order valence-corrected chi connectivity index (χ4v) is 3.26. The van der Waals surface area contributed by atoms with Crippen LogP contribution in [0.5, 0.6) is 5.75 Å². The van der Waals surface area contributed by atoms with Crippen LogP contribution >= 0.6 is 0 Å². The minimum atomic E-state index is 0.384. The molecule has 0 radical (unpaired) electrons. The minimum absolute atomic E-state index is 0.384. The maximum atomic E-state index is 6.11. The molecule has 1 aromatic carbocycles. The lowest BCUT2D eigenvalue weighted by Crippen LogP contribution is -2.45. The molecule has 0 aromatic heterocycles. The number of benzene rings is 1. The van der Waals surface area contributed by atoms with Crippen LogP contribution in [0, 0.1) is 0 Å². The fourth-order valence-electron chi connectivity index (χ4n) is 3.26. The first-order valence-corrected chi connectivity index (χ1v) is 7.71. The lowest BCUT2D eigenvalue weighted by atomic mass is 9.89. The van der Waals surface area contributed by atoms with Gasteiger partial charge in [0.05, 0.1) is 7.11 Å². The second-order valence-electron chi connectivity index (χ2n) is 6.11. The van der Waals surface area contributed by atoms with Gasteiger partial charge in [0.15, 0.2) is 0 Å². The van der Waals surface area contributed by atoms with Gasteiger partial charge in [-0.3, -0.25) is 0 Å². The molecule has 1 aromatic rings. The Bertz CT molecular complexity index is 421. The van der Waals surface area contributed by atoms with E-state index >= 15 is 0 Å². The largest absolute Gasteiger partial charge is 0.496 e. The fraction of sp³-hybridized carbons (Fsp3) is 0.647. The van der Waals surface area contributed by atoms with Gasteiger partial charge in [0.2, 0.25) is 0 Å². The van der Waals surface area contributed by atoms with Crippen molar-refractivity contribution in [1.82, 2.24) is 4.90 Å². The Hall–Kier alpha value is -1.06. The van der Waals surface area contributed by atoms with E-state index in [1.165, 1.54) is 24.8 Å². The van der Waals surface area contributed by atoms with Crippen molar-refractivity contribution in [3.63, 3.8) is 0 Å². The highest BCUT2D eigenvalue weighted by atomic mass is 16.5. The number of hydrogen-bond acceptors (Lipinski definition) is 3. The molecule has 3 atom stereocenters. The maximum Gasteiger partial charge on any atom is 0.122 e. The molecule has 0 saturated heterocycles. The van der Waals surface area contributed by atoms with E-state index < -0.39 is 0 Å². The van der Waals surface area contributed by atoms with Crippen LogP contribution in [0.15, 0.2) is 24.3 Å². The summed E-state index contributed by atoms with van der Waals surface area (Å²) in [5.41, 5.74) is 7.40. The number of nitrogens with zero attached hydrogens (tertiary/aromatic N) is 1. The molecule has 112 valence electrons. The number of nitrogens with two attached hydrogens (primary N) is 1. The van der Waals surface area contributed by atoms with E-state index in [0.717, 1.165) is 18.6 Å². The molecule has 3 unspecified atom stereocenters. The molecule has 1 aliphatic rings. The third kappa shape index (κ3) is 3.74. The molecule has 0 heterocycles. The Morgan fingerprint density at radius 1 is 1.35 bits per heavy atom. The average Bonchev–Trinajstić information content (AvgIpc) is 2.47. The molecule has 0 bridgehead atoms. The number of rotatable bonds is 5. The number of hydrogen-bond donors (Lipinski definition) is 1. The maximum absolute atomic E-state index is 6.11. The molecule has 1 saturated carbocycles. The summed E-state index contributed by atoms with van der Waals surface area (Å²) in [5, 5.41) is 0. The third-order valence-electron chi connectivity index (χ3n) is 4.67. The van der Waals surface area contributed by atoms with Crippen molar-refractivity contribution in [1.29, 1.82) is 0 Å². The van der Waals surface area contributed by atoms with Crippen molar-refractivity contribution >= 4 is 0 Å². The molecule has 3 nitrogen and oxygen atoms in total. The van der Waals surface area contributed by atoms with Gasteiger partial charge in [-0.2, -0.15) is 0 Å². The van der Waals surface area contributed by atoms with Gasteiger partial charge in [-0.1, -0.05) is 24.6 Å². The molecule has 20 heavy (non-hydrogen) atoms. The second kappa shape index (κ2) is 7.09. The molecule has 2 rings (SSSR count). The number of para-hydroxylation sites is 1. The van der Waals surface area contributed by atoms with E-state index in [-0.39, 0.29) is 0 Å². The number of ether oxygens (including phenoxy) is 1. The average molecular weight is 276 g/mol. The monoisotopic (exact) mass is 276 g/mol. The van der Waals surface area contributed by atoms with Gasteiger partial charge in [0.1, 0.15) is 5.75 Å². The first-order chi connectivity index (χ1) is 9.61. The van der Waals surface area contributed by atoms with Crippen molar-refractivity contribution in [2.75, 3.05) is 14.2 Å². The molecule has 0 spiro atoms. The molecule has 1 fully saturated rings. The molecule has 1 aliphatic carbocycles. The van der Waals surface area contributed by atoms with Gasteiger partial charge in [0.25, 0.3) is 0 Å². The summed E-state index contributed by atoms with van der Waals surface area (Å²) in [4.78, 5) is 2.51. The molecule has 2 N–H and O–H groups in total. The minimum Gasteiger partial charge on any atom is -0.496 e. The van der Waals surface area contributed by atoms with Crippen LogP contribution in [0.3, 0.4) is 0 Å². The normalized spacial score (nSPS) is 24.6. The van der Waals surface area contributed by atoms with Crippen molar-refractivity contribution < 1.29 is 4.74 Å². The van der Waals surface area contributed by atoms with Gasteiger partial charge in [-0.25, -0.2) is 0 Å². The Labute approximate surface area is 123 Å². The van der Waals surface area contributed by atoms with Crippen LogP contribution in [-0.2, 0) is 6.42 Å². The predicted molar refractivity (Wildman–Crippen MR) is 84.2 cm³/mol. The molecular weight excluding hydrogens is 248 g/mol. The van der Waals surface area contributed by atoms with Gasteiger partial charge < -0.3 is 15.4 Å². The highest BCUT2D eigenvalue weighted by molar-refractivity contribution is 5.33. The van der Waals surface area contributed by atoms with E-state index in [1.54, 1.807) is 7.11 Å². The van der Waals surface area contributed by atoms with Crippen molar-refractivity contribution in [3.8, 4) is 5.75 Å². The highest BCUT2D eigenvalue weighted by Crippen LogP contribution is 2.25. The van der Waals surface area contributed by atoms with Gasteiger partial charge in [0, 0.05) is 18.1 Å². The Kier molecular flexibility index (Phi) is 5.44. The smallest absolute Gasteiger partial charge is 0.122 e. The van der Waals surface area contributed by atoms with Crippen molar-refractivity contribution in [3.05, 3.63) is 29.8 Å². The van der Waals surface area contributed by atoms with Gasteiger partial charge in [-0.15, -0.1) is 0 Å². The van der Waals surface area contributed by atoms with E-state index in [9.17, 15) is 0 Å². The Morgan fingerprint density at radius 3 is 2.80 bits per heavy atom. The van der Waals surface area contributed by atoms with Crippen LogP contribution in [0.25, 0.3) is 0 Å². The van der Waals surface area contributed by atoms with Crippen LogP contribution in [0.1, 0.15) is 38.2 Å². The predicted octanol–water partition coefficient (Wildman–Crippen LogP) is 2.83. The van der Waals surface area contributed by atoms with E-state index in [4.69, 9.17) is 10.5 Å². The summed E-state index contributed by atoms with van der Waals surface area (Å²) in [6.45, 7) is 2.30. The summed E-state index contributed by atoms with van der Waals surface area (Å²) in [6, 6.07) is 9.83. The topological polar surface area (TPSA) is 38.5 Å². The number of likely N-dealkylation sites (N-methyl/N-ethyl adjacent to an activating group) is 1. The lowest BCUT2D eigenvalue weighted by molar-refractivity contribution is 0.137.